The van der Waals surface area contributed by atoms with E-state index in [1.807, 2.05) is 48.5 Å². The van der Waals surface area contributed by atoms with Crippen molar-refractivity contribution < 1.29 is 0 Å². The minimum absolute atomic E-state index is 0.732. The smallest absolute Gasteiger partial charge is 0.0449 e. The van der Waals surface area contributed by atoms with E-state index < -0.39 is 0 Å². The molecule has 16 heavy (non-hydrogen) atoms. The molecule has 2 nitrogen and oxygen atoms in total. The molecule has 0 aliphatic heterocycles. The fourth-order valence-corrected chi connectivity index (χ4v) is 1.27. The van der Waals surface area contributed by atoms with Gasteiger partial charge in [-0.3, -0.25) is 0 Å². The Labute approximate surface area is 106 Å². The molecular formula is C12H14N2S2. The van der Waals surface area contributed by atoms with Crippen LogP contribution < -0.4 is 11.5 Å². The van der Waals surface area contributed by atoms with Gasteiger partial charge in [0, 0.05) is 21.2 Å². The van der Waals surface area contributed by atoms with E-state index in [9.17, 15) is 0 Å². The minimum Gasteiger partial charge on any atom is -0.399 e. The number of para-hydroxylation sites is 1. The van der Waals surface area contributed by atoms with Crippen LogP contribution in [0.3, 0.4) is 0 Å². The predicted octanol–water partition coefficient (Wildman–Crippen LogP) is 3.12. The molecule has 0 radical (unpaired) electrons. The van der Waals surface area contributed by atoms with Crippen molar-refractivity contribution in [3.8, 4) is 0 Å². The van der Waals surface area contributed by atoms with Crippen LogP contribution in [0.5, 0.6) is 0 Å². The molecule has 2 aromatic carbocycles. The molecule has 0 atom stereocenters. The molecule has 0 unspecified atom stereocenters. The lowest BCUT2D eigenvalue weighted by atomic mass is 10.3. The van der Waals surface area contributed by atoms with E-state index in [-0.39, 0.29) is 0 Å². The molecule has 2 rings (SSSR count). The van der Waals surface area contributed by atoms with Crippen LogP contribution in [-0.2, 0) is 0 Å². The zero-order valence-electron chi connectivity index (χ0n) is 8.67. The lowest BCUT2D eigenvalue weighted by molar-refractivity contribution is 1.48. The van der Waals surface area contributed by atoms with Crippen molar-refractivity contribution >= 4 is 36.6 Å². The van der Waals surface area contributed by atoms with Crippen molar-refractivity contribution in [1.82, 2.24) is 0 Å². The molecule has 0 fully saturated rings. The van der Waals surface area contributed by atoms with Gasteiger partial charge in [0.05, 0.1) is 0 Å². The van der Waals surface area contributed by atoms with Crippen molar-refractivity contribution in [2.24, 2.45) is 0 Å². The number of nitrogen functional groups attached to an aromatic ring is 2. The highest BCUT2D eigenvalue weighted by atomic mass is 32.1. The zero-order valence-corrected chi connectivity index (χ0v) is 10.5. The van der Waals surface area contributed by atoms with Crippen LogP contribution in [0.25, 0.3) is 0 Å². The van der Waals surface area contributed by atoms with Crippen LogP contribution in [0, 0.1) is 0 Å². The Morgan fingerprint density at radius 1 is 0.750 bits per heavy atom. The van der Waals surface area contributed by atoms with E-state index in [1.54, 1.807) is 0 Å². The molecule has 0 amide bonds. The van der Waals surface area contributed by atoms with Gasteiger partial charge >= 0.3 is 0 Å². The van der Waals surface area contributed by atoms with Crippen molar-refractivity contribution in [3.63, 3.8) is 0 Å². The first-order chi connectivity index (χ1) is 7.59. The van der Waals surface area contributed by atoms with Crippen LogP contribution in [0.4, 0.5) is 11.4 Å². The summed E-state index contributed by atoms with van der Waals surface area (Å²) in [6.07, 6.45) is 0. The van der Waals surface area contributed by atoms with Crippen molar-refractivity contribution in [2.45, 2.75) is 9.79 Å². The Balaban J connectivity index is 0.000000160. The molecule has 0 saturated carbocycles. The van der Waals surface area contributed by atoms with Crippen LogP contribution in [0.15, 0.2) is 58.3 Å². The molecular weight excluding hydrogens is 236 g/mol. The quantitative estimate of drug-likeness (QED) is 0.429. The minimum atomic E-state index is 0.732. The molecule has 4 heteroatoms. The molecule has 0 aromatic heterocycles. The van der Waals surface area contributed by atoms with Gasteiger partial charge in [-0.25, -0.2) is 0 Å². The van der Waals surface area contributed by atoms with Gasteiger partial charge in [0.15, 0.2) is 0 Å². The topological polar surface area (TPSA) is 52.0 Å². The lowest BCUT2D eigenvalue weighted by Crippen LogP contribution is -1.83. The summed E-state index contributed by atoms with van der Waals surface area (Å²) in [5.74, 6) is 0. The highest BCUT2D eigenvalue weighted by molar-refractivity contribution is 7.80. The van der Waals surface area contributed by atoms with Gasteiger partial charge < -0.3 is 11.5 Å². The standard InChI is InChI=1S/2C6H7NS/c7-5-1-3-6(8)4-2-5;7-5-3-1-2-4-6(5)8/h2*1-4,8H,7H2. The van der Waals surface area contributed by atoms with Gasteiger partial charge in [-0.15, -0.1) is 25.3 Å². The third-order valence-electron chi connectivity index (χ3n) is 1.83. The predicted molar refractivity (Wildman–Crippen MR) is 76.2 cm³/mol. The summed E-state index contributed by atoms with van der Waals surface area (Å²) in [5.41, 5.74) is 12.3. The first-order valence-electron chi connectivity index (χ1n) is 4.67. The summed E-state index contributed by atoms with van der Waals surface area (Å²) in [5, 5.41) is 0. The van der Waals surface area contributed by atoms with E-state index in [2.05, 4.69) is 25.3 Å². The zero-order chi connectivity index (χ0) is 12.0. The number of nitrogens with two attached hydrogens (primary N) is 2. The van der Waals surface area contributed by atoms with Gasteiger partial charge in [0.2, 0.25) is 0 Å². The number of rotatable bonds is 0. The molecule has 0 spiro atoms. The van der Waals surface area contributed by atoms with Gasteiger partial charge in [-0.1, -0.05) is 12.1 Å². The second kappa shape index (κ2) is 6.35. The highest BCUT2D eigenvalue weighted by Gasteiger charge is 1.85. The molecule has 0 bridgehead atoms. The largest absolute Gasteiger partial charge is 0.399 e. The Morgan fingerprint density at radius 2 is 1.31 bits per heavy atom. The average Bonchev–Trinajstić information content (AvgIpc) is 2.28. The number of thiol groups is 2. The van der Waals surface area contributed by atoms with E-state index in [0.29, 0.717) is 0 Å². The number of hydrogen-bond donors (Lipinski definition) is 4. The van der Waals surface area contributed by atoms with E-state index >= 15 is 0 Å². The average molecular weight is 250 g/mol. The second-order valence-electron chi connectivity index (χ2n) is 3.15. The van der Waals surface area contributed by atoms with Crippen molar-refractivity contribution in [2.75, 3.05) is 11.5 Å². The van der Waals surface area contributed by atoms with Gasteiger partial charge in [0.1, 0.15) is 0 Å². The fraction of sp³-hybridized carbons (Fsp3) is 0. The Hall–Kier alpha value is -1.26. The van der Waals surface area contributed by atoms with Crippen molar-refractivity contribution in [1.29, 1.82) is 0 Å². The Bertz CT molecular complexity index is 399. The first kappa shape index (κ1) is 12.8. The van der Waals surface area contributed by atoms with Crippen LogP contribution in [0.2, 0.25) is 0 Å². The Kier molecular flexibility index (Phi) is 5.08. The summed E-state index contributed by atoms with van der Waals surface area (Å²) in [6, 6.07) is 14.8. The summed E-state index contributed by atoms with van der Waals surface area (Å²) >= 11 is 8.15. The number of anilines is 2. The van der Waals surface area contributed by atoms with E-state index in [1.165, 1.54) is 0 Å². The second-order valence-corrected chi connectivity index (χ2v) is 4.15. The lowest BCUT2D eigenvalue weighted by Gasteiger charge is -1.92. The summed E-state index contributed by atoms with van der Waals surface area (Å²) in [6.45, 7) is 0. The normalized spacial score (nSPS) is 9.12. The summed E-state index contributed by atoms with van der Waals surface area (Å²) < 4.78 is 0. The highest BCUT2D eigenvalue weighted by Crippen LogP contribution is 2.13. The molecule has 0 aliphatic rings. The maximum atomic E-state index is 5.44. The first-order valence-corrected chi connectivity index (χ1v) is 5.57. The van der Waals surface area contributed by atoms with Crippen LogP contribution in [0.1, 0.15) is 0 Å². The summed E-state index contributed by atoms with van der Waals surface area (Å²) in [7, 11) is 0. The molecule has 4 N–H and O–H groups in total. The maximum Gasteiger partial charge on any atom is 0.0449 e. The molecule has 0 heterocycles. The summed E-state index contributed by atoms with van der Waals surface area (Å²) in [4.78, 5) is 1.78. The van der Waals surface area contributed by atoms with E-state index in [0.717, 1.165) is 21.2 Å². The van der Waals surface area contributed by atoms with Crippen LogP contribution in [-0.4, -0.2) is 0 Å². The molecule has 2 aromatic rings. The van der Waals surface area contributed by atoms with Gasteiger partial charge in [0.25, 0.3) is 0 Å². The number of benzene rings is 2. The van der Waals surface area contributed by atoms with Crippen LogP contribution >= 0.6 is 25.3 Å². The van der Waals surface area contributed by atoms with E-state index in [4.69, 9.17) is 11.5 Å². The van der Waals surface area contributed by atoms with Gasteiger partial charge in [-0.05, 0) is 36.4 Å². The molecule has 0 saturated heterocycles. The number of hydrogen-bond acceptors (Lipinski definition) is 4. The molecule has 84 valence electrons. The molecule has 0 aliphatic carbocycles. The monoisotopic (exact) mass is 250 g/mol. The van der Waals surface area contributed by atoms with Crippen molar-refractivity contribution in [3.05, 3.63) is 48.5 Å². The van der Waals surface area contributed by atoms with Gasteiger partial charge in [-0.2, -0.15) is 0 Å². The third-order valence-corrected chi connectivity index (χ3v) is 2.54. The maximum absolute atomic E-state index is 5.44. The third kappa shape index (κ3) is 4.51. The SMILES string of the molecule is Nc1ccc(S)cc1.Nc1ccccc1S. The fourth-order valence-electron chi connectivity index (χ4n) is 0.962. The Morgan fingerprint density at radius 3 is 1.69 bits per heavy atom.